The van der Waals surface area contributed by atoms with Gasteiger partial charge in [0.25, 0.3) is 11.5 Å². The average Bonchev–Trinajstić information content (AvgIpc) is 3.15. The molecule has 0 N–H and O–H groups in total. The van der Waals surface area contributed by atoms with E-state index >= 15 is 0 Å². The van der Waals surface area contributed by atoms with Crippen molar-refractivity contribution in [2.24, 2.45) is 0 Å². The van der Waals surface area contributed by atoms with Gasteiger partial charge in [-0.2, -0.15) is 0 Å². The number of aryl methyl sites for hydroxylation is 1. The summed E-state index contributed by atoms with van der Waals surface area (Å²) in [4.78, 5) is 28.0. The van der Waals surface area contributed by atoms with Gasteiger partial charge in [-0.05, 0) is 31.9 Å². The van der Waals surface area contributed by atoms with Gasteiger partial charge in [0.05, 0.1) is 37.8 Å². The van der Waals surface area contributed by atoms with Crippen LogP contribution in [-0.4, -0.2) is 55.9 Å². The summed E-state index contributed by atoms with van der Waals surface area (Å²) in [5.41, 5.74) is 0.343. The molecule has 1 saturated heterocycles. The SMILES string of the molecule is CCn1cc(C(=O)N2CCCC2COC)c2cc(OC)c(OC)cc2c1=O. The standard InChI is InChI=1S/C20H26N2O5/c1-5-21-11-16(20(24)22-8-6-7-13(22)12-25-2)14-9-17(26-3)18(27-4)10-15(14)19(21)23/h9-11,13H,5-8,12H2,1-4H3. The number of likely N-dealkylation sites (tertiary alicyclic amines) is 1. The smallest absolute Gasteiger partial charge is 0.258 e. The van der Waals surface area contributed by atoms with Crippen molar-refractivity contribution in [2.45, 2.75) is 32.4 Å². The first kappa shape index (κ1) is 19.2. The summed E-state index contributed by atoms with van der Waals surface area (Å²) < 4.78 is 17.6. The van der Waals surface area contributed by atoms with Crippen molar-refractivity contribution in [3.63, 3.8) is 0 Å². The van der Waals surface area contributed by atoms with Gasteiger partial charge < -0.3 is 23.7 Å². The van der Waals surface area contributed by atoms with Crippen LogP contribution in [0.5, 0.6) is 11.5 Å². The Morgan fingerprint density at radius 2 is 1.81 bits per heavy atom. The van der Waals surface area contributed by atoms with Crippen LogP contribution in [0.3, 0.4) is 0 Å². The lowest BCUT2D eigenvalue weighted by molar-refractivity contribution is 0.0631. The molecule has 1 aliphatic heterocycles. The fraction of sp³-hybridized carbons (Fsp3) is 0.500. The topological polar surface area (TPSA) is 70.0 Å². The maximum absolute atomic E-state index is 13.4. The van der Waals surface area contributed by atoms with E-state index in [1.165, 1.54) is 14.2 Å². The highest BCUT2D eigenvalue weighted by Crippen LogP contribution is 2.33. The maximum atomic E-state index is 13.4. The molecular formula is C20H26N2O5. The van der Waals surface area contributed by atoms with Gasteiger partial charge in [-0.25, -0.2) is 0 Å². The summed E-state index contributed by atoms with van der Waals surface area (Å²) in [7, 11) is 4.70. The maximum Gasteiger partial charge on any atom is 0.258 e. The lowest BCUT2D eigenvalue weighted by Gasteiger charge is -2.25. The van der Waals surface area contributed by atoms with Gasteiger partial charge in [-0.15, -0.1) is 0 Å². The molecule has 0 aliphatic carbocycles. The minimum atomic E-state index is -0.153. The van der Waals surface area contributed by atoms with Crippen LogP contribution in [0.2, 0.25) is 0 Å². The molecule has 0 bridgehead atoms. The summed E-state index contributed by atoms with van der Waals surface area (Å²) in [6.45, 7) is 3.55. The molecule has 2 heterocycles. The van der Waals surface area contributed by atoms with Crippen LogP contribution in [0.4, 0.5) is 0 Å². The number of fused-ring (bicyclic) bond motifs is 1. The second kappa shape index (κ2) is 8.00. The molecule has 1 unspecified atom stereocenters. The molecule has 1 aliphatic rings. The van der Waals surface area contributed by atoms with E-state index in [2.05, 4.69) is 0 Å². The first-order chi connectivity index (χ1) is 13.0. The molecule has 0 saturated carbocycles. The van der Waals surface area contributed by atoms with Crippen molar-refractivity contribution in [1.29, 1.82) is 0 Å². The number of ether oxygens (including phenoxy) is 3. The molecule has 7 nitrogen and oxygen atoms in total. The number of methoxy groups -OCH3 is 3. The largest absolute Gasteiger partial charge is 0.493 e. The summed E-state index contributed by atoms with van der Waals surface area (Å²) in [6, 6.07) is 3.42. The Morgan fingerprint density at radius 1 is 1.15 bits per heavy atom. The van der Waals surface area contributed by atoms with Crippen molar-refractivity contribution in [1.82, 2.24) is 9.47 Å². The molecule has 1 atom stereocenters. The van der Waals surface area contributed by atoms with E-state index in [1.807, 2.05) is 11.8 Å². The van der Waals surface area contributed by atoms with Crippen LogP contribution in [0.25, 0.3) is 10.8 Å². The van der Waals surface area contributed by atoms with E-state index < -0.39 is 0 Å². The van der Waals surface area contributed by atoms with Gasteiger partial charge in [-0.1, -0.05) is 0 Å². The second-order valence-electron chi connectivity index (χ2n) is 6.64. The lowest BCUT2D eigenvalue weighted by atomic mass is 10.0. The molecular weight excluding hydrogens is 348 g/mol. The number of pyridine rings is 1. The second-order valence-corrected chi connectivity index (χ2v) is 6.64. The van der Waals surface area contributed by atoms with Gasteiger partial charge in [-0.3, -0.25) is 9.59 Å². The third kappa shape index (κ3) is 3.39. The third-order valence-corrected chi connectivity index (χ3v) is 5.16. The Bertz CT molecular complexity index is 905. The van der Waals surface area contributed by atoms with E-state index in [1.54, 1.807) is 30.0 Å². The summed E-state index contributed by atoms with van der Waals surface area (Å²) in [6.07, 6.45) is 3.52. The van der Waals surface area contributed by atoms with Gasteiger partial charge in [0.15, 0.2) is 11.5 Å². The molecule has 0 radical (unpaired) electrons. The molecule has 146 valence electrons. The molecule has 27 heavy (non-hydrogen) atoms. The quantitative estimate of drug-likeness (QED) is 0.776. The monoisotopic (exact) mass is 374 g/mol. The Labute approximate surface area is 158 Å². The number of hydrogen-bond donors (Lipinski definition) is 0. The molecule has 7 heteroatoms. The zero-order valence-corrected chi connectivity index (χ0v) is 16.3. The number of nitrogens with zero attached hydrogens (tertiary/aromatic N) is 2. The number of carbonyl (C=O) groups is 1. The number of hydrogen-bond acceptors (Lipinski definition) is 5. The van der Waals surface area contributed by atoms with Crippen LogP contribution in [0.1, 0.15) is 30.1 Å². The summed E-state index contributed by atoms with van der Waals surface area (Å²) in [5.74, 6) is 0.865. The van der Waals surface area contributed by atoms with Crippen LogP contribution in [0, 0.1) is 0 Å². The Hall–Kier alpha value is -2.54. The average molecular weight is 374 g/mol. The van der Waals surface area contributed by atoms with Gasteiger partial charge >= 0.3 is 0 Å². The normalized spacial score (nSPS) is 16.7. The Morgan fingerprint density at radius 3 is 2.41 bits per heavy atom. The highest BCUT2D eigenvalue weighted by molar-refractivity contribution is 6.07. The van der Waals surface area contributed by atoms with Crippen LogP contribution in [0.15, 0.2) is 23.1 Å². The van der Waals surface area contributed by atoms with Crippen molar-refractivity contribution in [3.8, 4) is 11.5 Å². The molecule has 1 amide bonds. The first-order valence-electron chi connectivity index (χ1n) is 9.14. The van der Waals surface area contributed by atoms with Crippen LogP contribution < -0.4 is 15.0 Å². The van der Waals surface area contributed by atoms with E-state index in [0.717, 1.165) is 12.8 Å². The molecule has 3 rings (SSSR count). The zero-order valence-electron chi connectivity index (χ0n) is 16.3. The van der Waals surface area contributed by atoms with E-state index in [9.17, 15) is 9.59 Å². The predicted molar refractivity (Wildman–Crippen MR) is 103 cm³/mol. The molecule has 1 aromatic carbocycles. The molecule has 2 aromatic rings. The highest BCUT2D eigenvalue weighted by Gasteiger charge is 2.31. The van der Waals surface area contributed by atoms with E-state index in [0.29, 0.717) is 47.5 Å². The van der Waals surface area contributed by atoms with Crippen molar-refractivity contribution in [2.75, 3.05) is 34.5 Å². The van der Waals surface area contributed by atoms with Crippen molar-refractivity contribution in [3.05, 3.63) is 34.2 Å². The predicted octanol–water partition coefficient (Wildman–Crippen LogP) is 2.29. The van der Waals surface area contributed by atoms with Crippen molar-refractivity contribution < 1.29 is 19.0 Å². The fourth-order valence-corrected chi connectivity index (χ4v) is 3.75. The minimum absolute atomic E-state index is 0.0553. The zero-order chi connectivity index (χ0) is 19.6. The number of amides is 1. The molecule has 0 spiro atoms. The Balaban J connectivity index is 2.20. The minimum Gasteiger partial charge on any atom is -0.493 e. The lowest BCUT2D eigenvalue weighted by Crippen LogP contribution is -2.38. The van der Waals surface area contributed by atoms with E-state index in [4.69, 9.17) is 14.2 Å². The Kier molecular flexibility index (Phi) is 5.70. The highest BCUT2D eigenvalue weighted by atomic mass is 16.5. The van der Waals surface area contributed by atoms with Gasteiger partial charge in [0, 0.05) is 31.8 Å². The van der Waals surface area contributed by atoms with Crippen molar-refractivity contribution >= 4 is 16.7 Å². The summed E-state index contributed by atoms with van der Waals surface area (Å²) in [5, 5.41) is 1.03. The number of rotatable bonds is 6. The number of benzene rings is 1. The summed E-state index contributed by atoms with van der Waals surface area (Å²) >= 11 is 0. The molecule has 1 fully saturated rings. The van der Waals surface area contributed by atoms with Crippen LogP contribution in [-0.2, 0) is 11.3 Å². The van der Waals surface area contributed by atoms with Gasteiger partial charge in [0.1, 0.15) is 0 Å². The van der Waals surface area contributed by atoms with E-state index in [-0.39, 0.29) is 17.5 Å². The number of carbonyl (C=O) groups excluding carboxylic acids is 1. The number of aromatic nitrogens is 1. The van der Waals surface area contributed by atoms with Gasteiger partial charge in [0.2, 0.25) is 0 Å². The first-order valence-corrected chi connectivity index (χ1v) is 9.14. The van der Waals surface area contributed by atoms with Crippen LogP contribution >= 0.6 is 0 Å². The third-order valence-electron chi connectivity index (χ3n) is 5.16. The fourth-order valence-electron chi connectivity index (χ4n) is 3.75. The molecule has 1 aromatic heterocycles.